The van der Waals surface area contributed by atoms with Crippen molar-refractivity contribution >= 4 is 40.8 Å². The van der Waals surface area contributed by atoms with Gasteiger partial charge in [0, 0.05) is 23.7 Å². The largest absolute Gasteiger partial charge is 0.495 e. The SMILES string of the molecule is COc1ccc(Cl)cc1NC(=O)COC(=O)[C@H]1CC(=O)N(c2ccc(F)cc2)C1. The third-order valence-corrected chi connectivity index (χ3v) is 4.61. The monoisotopic (exact) mass is 420 g/mol. The molecule has 1 atom stereocenters. The number of amides is 2. The molecular formula is C20H18ClFN2O5. The summed E-state index contributed by atoms with van der Waals surface area (Å²) in [7, 11) is 1.45. The van der Waals surface area contributed by atoms with Crippen molar-refractivity contribution in [3.05, 3.63) is 53.3 Å². The minimum Gasteiger partial charge on any atom is -0.495 e. The molecule has 1 aliphatic heterocycles. The number of carbonyl (C=O) groups excluding carboxylic acids is 3. The van der Waals surface area contributed by atoms with E-state index in [1.54, 1.807) is 12.1 Å². The minimum absolute atomic E-state index is 0.0417. The highest BCUT2D eigenvalue weighted by atomic mass is 35.5. The number of halogens is 2. The molecule has 2 amide bonds. The van der Waals surface area contributed by atoms with E-state index in [-0.39, 0.29) is 18.9 Å². The zero-order valence-corrected chi connectivity index (χ0v) is 16.2. The second kappa shape index (κ2) is 8.91. The van der Waals surface area contributed by atoms with Crippen LogP contribution in [0, 0.1) is 11.7 Å². The summed E-state index contributed by atoms with van der Waals surface area (Å²) < 4.78 is 23.2. The zero-order valence-electron chi connectivity index (χ0n) is 15.5. The molecule has 0 spiro atoms. The minimum atomic E-state index is -0.707. The van der Waals surface area contributed by atoms with E-state index in [2.05, 4.69) is 5.32 Å². The maximum atomic E-state index is 13.0. The fraction of sp³-hybridized carbons (Fsp3) is 0.250. The second-order valence-corrected chi connectivity index (χ2v) is 6.82. The van der Waals surface area contributed by atoms with Gasteiger partial charge in [-0.15, -0.1) is 0 Å². The Kier molecular flexibility index (Phi) is 6.33. The number of esters is 1. The van der Waals surface area contributed by atoms with Crippen molar-refractivity contribution in [3.8, 4) is 5.75 Å². The smallest absolute Gasteiger partial charge is 0.311 e. The van der Waals surface area contributed by atoms with Crippen molar-refractivity contribution < 1.29 is 28.2 Å². The van der Waals surface area contributed by atoms with Gasteiger partial charge in [-0.2, -0.15) is 0 Å². The highest BCUT2D eigenvalue weighted by molar-refractivity contribution is 6.31. The first-order valence-corrected chi connectivity index (χ1v) is 9.11. The van der Waals surface area contributed by atoms with E-state index >= 15 is 0 Å². The third kappa shape index (κ3) is 5.03. The van der Waals surface area contributed by atoms with Crippen LogP contribution in [0.25, 0.3) is 0 Å². The number of hydrogen-bond acceptors (Lipinski definition) is 5. The molecule has 1 saturated heterocycles. The van der Waals surface area contributed by atoms with Gasteiger partial charge in [0.25, 0.3) is 5.91 Å². The van der Waals surface area contributed by atoms with Crippen molar-refractivity contribution in [2.75, 3.05) is 30.5 Å². The molecule has 1 fully saturated rings. The Labute approximate surface area is 171 Å². The number of ether oxygens (including phenoxy) is 2. The molecule has 3 rings (SSSR count). The molecule has 1 heterocycles. The van der Waals surface area contributed by atoms with Gasteiger partial charge in [-0.1, -0.05) is 11.6 Å². The summed E-state index contributed by atoms with van der Waals surface area (Å²) in [5.74, 6) is -2.22. The Morgan fingerprint density at radius 3 is 2.66 bits per heavy atom. The Bertz CT molecular complexity index is 935. The Morgan fingerprint density at radius 2 is 1.97 bits per heavy atom. The summed E-state index contributed by atoms with van der Waals surface area (Å²) in [5, 5.41) is 2.96. The van der Waals surface area contributed by atoms with Crippen LogP contribution in [0.5, 0.6) is 5.75 Å². The van der Waals surface area contributed by atoms with Crippen LogP contribution in [0.2, 0.25) is 5.02 Å². The molecule has 9 heteroatoms. The Balaban J connectivity index is 1.54. The van der Waals surface area contributed by atoms with E-state index in [9.17, 15) is 18.8 Å². The van der Waals surface area contributed by atoms with Crippen molar-refractivity contribution in [2.45, 2.75) is 6.42 Å². The summed E-state index contributed by atoms with van der Waals surface area (Å²) >= 11 is 5.91. The quantitative estimate of drug-likeness (QED) is 0.726. The van der Waals surface area contributed by atoms with Gasteiger partial charge in [0.15, 0.2) is 6.61 Å². The maximum Gasteiger partial charge on any atom is 0.311 e. The van der Waals surface area contributed by atoms with Crippen LogP contribution in [0.3, 0.4) is 0 Å². The van der Waals surface area contributed by atoms with E-state index in [1.807, 2.05) is 0 Å². The molecule has 7 nitrogen and oxygen atoms in total. The van der Waals surface area contributed by atoms with Gasteiger partial charge in [0.1, 0.15) is 11.6 Å². The van der Waals surface area contributed by atoms with E-state index in [0.717, 1.165) is 0 Å². The van der Waals surface area contributed by atoms with Crippen LogP contribution >= 0.6 is 11.6 Å². The highest BCUT2D eigenvalue weighted by Crippen LogP contribution is 2.28. The molecular weight excluding hydrogens is 403 g/mol. The number of benzene rings is 2. The van der Waals surface area contributed by atoms with Crippen LogP contribution in [0.1, 0.15) is 6.42 Å². The Morgan fingerprint density at radius 1 is 1.24 bits per heavy atom. The summed E-state index contributed by atoms with van der Waals surface area (Å²) in [6, 6.07) is 10.1. The van der Waals surface area contributed by atoms with Gasteiger partial charge in [-0.3, -0.25) is 14.4 Å². The van der Waals surface area contributed by atoms with Crippen molar-refractivity contribution in [1.29, 1.82) is 0 Å². The second-order valence-electron chi connectivity index (χ2n) is 6.38. The third-order valence-electron chi connectivity index (χ3n) is 4.38. The van der Waals surface area contributed by atoms with Crippen molar-refractivity contribution in [1.82, 2.24) is 0 Å². The molecule has 0 aromatic heterocycles. The maximum absolute atomic E-state index is 13.0. The molecule has 2 aromatic carbocycles. The zero-order chi connectivity index (χ0) is 21.0. The molecule has 2 aromatic rings. The summed E-state index contributed by atoms with van der Waals surface area (Å²) in [4.78, 5) is 37.9. The van der Waals surface area contributed by atoms with Gasteiger partial charge < -0.3 is 19.7 Å². The molecule has 0 unspecified atom stereocenters. The lowest BCUT2D eigenvalue weighted by atomic mass is 10.1. The topological polar surface area (TPSA) is 84.9 Å². The average molecular weight is 421 g/mol. The summed E-state index contributed by atoms with van der Waals surface area (Å²) in [5.41, 5.74) is 0.845. The van der Waals surface area contributed by atoms with Crippen molar-refractivity contribution in [3.63, 3.8) is 0 Å². The predicted octanol–water partition coefficient (Wildman–Crippen LogP) is 3.02. The molecule has 29 heavy (non-hydrogen) atoms. The summed E-state index contributed by atoms with van der Waals surface area (Å²) in [6.45, 7) is -0.414. The van der Waals surface area contributed by atoms with Crippen LogP contribution < -0.4 is 15.0 Å². The van der Waals surface area contributed by atoms with Crippen LogP contribution in [0.4, 0.5) is 15.8 Å². The number of nitrogens with one attached hydrogen (secondary N) is 1. The summed E-state index contributed by atoms with van der Waals surface area (Å²) in [6.07, 6.45) is -0.0417. The van der Waals surface area contributed by atoms with E-state index in [0.29, 0.717) is 22.1 Å². The van der Waals surface area contributed by atoms with Crippen LogP contribution in [-0.4, -0.2) is 38.0 Å². The molecule has 1 N–H and O–H groups in total. The average Bonchev–Trinajstić information content (AvgIpc) is 3.09. The van der Waals surface area contributed by atoms with Crippen molar-refractivity contribution in [2.24, 2.45) is 5.92 Å². The Hall–Kier alpha value is -3.13. The number of nitrogens with zero attached hydrogens (tertiary/aromatic N) is 1. The molecule has 0 radical (unpaired) electrons. The number of hydrogen-bond donors (Lipinski definition) is 1. The fourth-order valence-electron chi connectivity index (χ4n) is 2.95. The molecule has 0 bridgehead atoms. The van der Waals surface area contributed by atoms with Gasteiger partial charge in [0.2, 0.25) is 5.91 Å². The lowest BCUT2D eigenvalue weighted by Crippen LogP contribution is -2.28. The predicted molar refractivity (Wildman–Crippen MR) is 104 cm³/mol. The first-order chi connectivity index (χ1) is 13.9. The first kappa shape index (κ1) is 20.6. The van der Waals surface area contributed by atoms with E-state index in [4.69, 9.17) is 21.1 Å². The van der Waals surface area contributed by atoms with Gasteiger partial charge in [-0.05, 0) is 42.5 Å². The van der Waals surface area contributed by atoms with Crippen LogP contribution in [0.15, 0.2) is 42.5 Å². The van der Waals surface area contributed by atoms with E-state index in [1.165, 1.54) is 42.3 Å². The number of methoxy groups -OCH3 is 1. The molecule has 1 aliphatic rings. The molecule has 152 valence electrons. The number of carbonyl (C=O) groups is 3. The normalized spacial score (nSPS) is 15.9. The van der Waals surface area contributed by atoms with Gasteiger partial charge >= 0.3 is 5.97 Å². The number of rotatable bonds is 6. The highest BCUT2D eigenvalue weighted by Gasteiger charge is 2.36. The van der Waals surface area contributed by atoms with Gasteiger partial charge in [-0.25, -0.2) is 4.39 Å². The first-order valence-electron chi connectivity index (χ1n) is 8.73. The lowest BCUT2D eigenvalue weighted by molar-refractivity contribution is -0.151. The van der Waals surface area contributed by atoms with Crippen LogP contribution in [-0.2, 0) is 19.1 Å². The lowest BCUT2D eigenvalue weighted by Gasteiger charge is -2.16. The number of anilines is 2. The molecule has 0 saturated carbocycles. The fourth-order valence-corrected chi connectivity index (χ4v) is 3.13. The standard InChI is InChI=1S/C20H18ClFN2O5/c1-28-17-7-2-13(21)9-16(17)23-18(25)11-29-20(27)12-8-19(26)24(10-12)15-5-3-14(22)4-6-15/h2-7,9,12H,8,10-11H2,1H3,(H,23,25)/t12-/m0/s1. The van der Waals surface area contributed by atoms with E-state index < -0.39 is 30.2 Å². The van der Waals surface area contributed by atoms with Gasteiger partial charge in [0.05, 0.1) is 18.7 Å². The molecule has 0 aliphatic carbocycles.